The lowest BCUT2D eigenvalue weighted by atomic mass is 10.1. The molecule has 1 saturated heterocycles. The second-order valence-corrected chi connectivity index (χ2v) is 5.24. The Bertz CT molecular complexity index is 402. The summed E-state index contributed by atoms with van der Waals surface area (Å²) in [4.78, 5) is 10.9. The van der Waals surface area contributed by atoms with Gasteiger partial charge in [0.05, 0.1) is 0 Å². The molecule has 0 unspecified atom stereocenters. The summed E-state index contributed by atoms with van der Waals surface area (Å²) in [6, 6.07) is 2.04. The van der Waals surface area contributed by atoms with Crippen LogP contribution in [-0.4, -0.2) is 43.8 Å². The lowest BCUT2D eigenvalue weighted by Crippen LogP contribution is -2.16. The molecule has 0 bridgehead atoms. The first-order valence-corrected chi connectivity index (χ1v) is 7.06. The molecule has 1 atom stereocenters. The number of ether oxygens (including phenoxy) is 1. The average Bonchev–Trinajstić information content (AvgIpc) is 2.91. The molecule has 1 N–H and O–H groups in total. The van der Waals surface area contributed by atoms with Crippen LogP contribution in [-0.2, 0) is 11.2 Å². The van der Waals surface area contributed by atoms with Gasteiger partial charge in [-0.15, -0.1) is 0 Å². The van der Waals surface area contributed by atoms with Crippen molar-refractivity contribution in [1.82, 2.24) is 9.97 Å². The molecule has 1 aliphatic rings. The lowest BCUT2D eigenvalue weighted by Gasteiger charge is -2.14. The van der Waals surface area contributed by atoms with E-state index in [9.17, 15) is 0 Å². The zero-order valence-corrected chi connectivity index (χ0v) is 12.1. The summed E-state index contributed by atoms with van der Waals surface area (Å²) < 4.78 is 5.39. The van der Waals surface area contributed by atoms with Crippen LogP contribution < -0.4 is 10.2 Å². The van der Waals surface area contributed by atoms with E-state index in [0.717, 1.165) is 50.1 Å². The maximum absolute atomic E-state index is 5.39. The summed E-state index contributed by atoms with van der Waals surface area (Å²) in [5.74, 6) is 2.40. The number of aromatic nitrogens is 2. The van der Waals surface area contributed by atoms with Crippen molar-refractivity contribution in [2.24, 2.45) is 5.92 Å². The molecule has 0 aromatic carbocycles. The minimum atomic E-state index is 0.702. The summed E-state index contributed by atoms with van der Waals surface area (Å²) in [6.45, 7) is 4.89. The molecule has 0 radical (unpaired) electrons. The van der Waals surface area contributed by atoms with Crippen molar-refractivity contribution in [3.8, 4) is 0 Å². The zero-order chi connectivity index (χ0) is 13.7. The summed E-state index contributed by atoms with van der Waals surface area (Å²) in [5.41, 5.74) is 1.07. The molecule has 1 aromatic heterocycles. The van der Waals surface area contributed by atoms with Crippen LogP contribution in [0, 0.1) is 5.92 Å². The molecule has 0 amide bonds. The monoisotopic (exact) mass is 264 g/mol. The summed E-state index contributed by atoms with van der Waals surface area (Å²) >= 11 is 0. The molecule has 2 heterocycles. The number of rotatable bonds is 6. The standard InChI is InChI=1S/C14H24N4O/c1-4-12-9-13(17-14(16-12)18(2)3)15-7-5-11-6-8-19-10-11/h9,11H,4-8,10H2,1-3H3,(H,15,16,17)/t11-/m1/s1. The minimum absolute atomic E-state index is 0.702. The van der Waals surface area contributed by atoms with Gasteiger partial charge in [0.2, 0.25) is 5.95 Å². The maximum atomic E-state index is 5.39. The molecule has 106 valence electrons. The van der Waals surface area contributed by atoms with Crippen molar-refractivity contribution in [3.63, 3.8) is 0 Å². The van der Waals surface area contributed by atoms with Gasteiger partial charge in [-0.05, 0) is 25.2 Å². The van der Waals surface area contributed by atoms with Crippen molar-refractivity contribution in [2.75, 3.05) is 44.1 Å². The van der Waals surface area contributed by atoms with Crippen LogP contribution in [0.3, 0.4) is 0 Å². The minimum Gasteiger partial charge on any atom is -0.381 e. The quantitative estimate of drug-likeness (QED) is 0.851. The van der Waals surface area contributed by atoms with Crippen molar-refractivity contribution in [2.45, 2.75) is 26.2 Å². The van der Waals surface area contributed by atoms with Crippen LogP contribution in [0.2, 0.25) is 0 Å². The molecule has 0 saturated carbocycles. The molecule has 0 aliphatic carbocycles. The van der Waals surface area contributed by atoms with E-state index >= 15 is 0 Å². The van der Waals surface area contributed by atoms with Crippen LogP contribution in [0.1, 0.15) is 25.5 Å². The summed E-state index contributed by atoms with van der Waals surface area (Å²) in [5, 5.41) is 3.41. The Kier molecular flexibility index (Phi) is 4.96. The van der Waals surface area contributed by atoms with Gasteiger partial charge in [0.1, 0.15) is 5.82 Å². The Labute approximate surface area is 115 Å². The Balaban J connectivity index is 1.92. The Morgan fingerprint density at radius 2 is 2.26 bits per heavy atom. The highest BCUT2D eigenvalue weighted by Gasteiger charge is 2.15. The van der Waals surface area contributed by atoms with E-state index in [0.29, 0.717) is 5.92 Å². The fraction of sp³-hybridized carbons (Fsp3) is 0.714. The zero-order valence-electron chi connectivity index (χ0n) is 12.1. The molecule has 2 rings (SSSR count). The van der Waals surface area contributed by atoms with Gasteiger partial charge in [0.15, 0.2) is 0 Å². The number of aryl methyl sites for hydroxylation is 1. The van der Waals surface area contributed by atoms with Gasteiger partial charge in [-0.25, -0.2) is 4.98 Å². The SMILES string of the molecule is CCc1cc(NCC[C@@H]2CCOC2)nc(N(C)C)n1. The van der Waals surface area contributed by atoms with E-state index in [-0.39, 0.29) is 0 Å². The predicted octanol–water partition coefficient (Wildman–Crippen LogP) is 1.94. The second-order valence-electron chi connectivity index (χ2n) is 5.24. The van der Waals surface area contributed by atoms with Crippen molar-refractivity contribution < 1.29 is 4.74 Å². The molecule has 5 heteroatoms. The van der Waals surface area contributed by atoms with Crippen molar-refractivity contribution in [1.29, 1.82) is 0 Å². The molecule has 1 aromatic rings. The van der Waals surface area contributed by atoms with Gasteiger partial charge in [-0.1, -0.05) is 6.92 Å². The lowest BCUT2D eigenvalue weighted by molar-refractivity contribution is 0.185. The Hall–Kier alpha value is -1.36. The van der Waals surface area contributed by atoms with Crippen LogP contribution in [0.15, 0.2) is 6.07 Å². The molecule has 19 heavy (non-hydrogen) atoms. The number of nitrogens with one attached hydrogen (secondary N) is 1. The first-order chi connectivity index (χ1) is 9.19. The fourth-order valence-electron chi connectivity index (χ4n) is 2.17. The van der Waals surface area contributed by atoms with Gasteiger partial charge in [0.25, 0.3) is 0 Å². The normalized spacial score (nSPS) is 18.6. The van der Waals surface area contributed by atoms with Crippen molar-refractivity contribution in [3.05, 3.63) is 11.8 Å². The third-order valence-corrected chi connectivity index (χ3v) is 3.41. The molecule has 5 nitrogen and oxygen atoms in total. The number of hydrogen-bond acceptors (Lipinski definition) is 5. The summed E-state index contributed by atoms with van der Waals surface area (Å²) in [7, 11) is 3.93. The van der Waals surface area contributed by atoms with Gasteiger partial charge < -0.3 is 15.0 Å². The van der Waals surface area contributed by atoms with Gasteiger partial charge in [-0.2, -0.15) is 4.98 Å². The molecule has 1 aliphatic heterocycles. The molecule has 0 spiro atoms. The summed E-state index contributed by atoms with van der Waals surface area (Å²) in [6.07, 6.45) is 3.26. The Morgan fingerprint density at radius 1 is 1.42 bits per heavy atom. The largest absolute Gasteiger partial charge is 0.381 e. The third kappa shape index (κ3) is 4.06. The highest BCUT2D eigenvalue weighted by molar-refractivity contribution is 5.43. The Morgan fingerprint density at radius 3 is 2.89 bits per heavy atom. The number of anilines is 2. The third-order valence-electron chi connectivity index (χ3n) is 3.41. The van der Waals surface area contributed by atoms with Crippen LogP contribution in [0.5, 0.6) is 0 Å². The van der Waals surface area contributed by atoms with Crippen molar-refractivity contribution >= 4 is 11.8 Å². The van der Waals surface area contributed by atoms with E-state index in [2.05, 4.69) is 22.2 Å². The number of nitrogens with zero attached hydrogens (tertiary/aromatic N) is 3. The van der Waals surface area contributed by atoms with Gasteiger partial charge in [-0.3, -0.25) is 0 Å². The predicted molar refractivity (Wildman–Crippen MR) is 77.8 cm³/mol. The van der Waals surface area contributed by atoms with Gasteiger partial charge in [0, 0.05) is 45.6 Å². The fourth-order valence-corrected chi connectivity index (χ4v) is 2.17. The van der Waals surface area contributed by atoms with E-state index in [4.69, 9.17) is 4.74 Å². The maximum Gasteiger partial charge on any atom is 0.226 e. The second kappa shape index (κ2) is 6.70. The van der Waals surface area contributed by atoms with E-state index in [1.807, 2.05) is 25.1 Å². The molecular formula is C14H24N4O. The molecular weight excluding hydrogens is 240 g/mol. The van der Waals surface area contributed by atoms with E-state index < -0.39 is 0 Å². The smallest absolute Gasteiger partial charge is 0.226 e. The van der Waals surface area contributed by atoms with Crippen LogP contribution >= 0.6 is 0 Å². The average molecular weight is 264 g/mol. The van der Waals surface area contributed by atoms with Crippen LogP contribution in [0.4, 0.5) is 11.8 Å². The van der Waals surface area contributed by atoms with Crippen LogP contribution in [0.25, 0.3) is 0 Å². The highest BCUT2D eigenvalue weighted by atomic mass is 16.5. The molecule has 1 fully saturated rings. The van der Waals surface area contributed by atoms with E-state index in [1.54, 1.807) is 0 Å². The number of hydrogen-bond donors (Lipinski definition) is 1. The first kappa shape index (κ1) is 14.1. The topological polar surface area (TPSA) is 50.3 Å². The van der Waals surface area contributed by atoms with Gasteiger partial charge >= 0.3 is 0 Å². The van der Waals surface area contributed by atoms with E-state index in [1.165, 1.54) is 6.42 Å². The highest BCUT2D eigenvalue weighted by Crippen LogP contribution is 2.17. The first-order valence-electron chi connectivity index (χ1n) is 7.06.